The quantitative estimate of drug-likeness (QED) is 0.477. The molecule has 0 aromatic heterocycles. The Bertz CT molecular complexity index is 733. The van der Waals surface area contributed by atoms with E-state index in [1.54, 1.807) is 0 Å². The number of hydrogen-bond acceptors (Lipinski definition) is 4. The third-order valence-electron chi connectivity index (χ3n) is 2.68. The van der Waals surface area contributed by atoms with Gasteiger partial charge in [-0.2, -0.15) is 0 Å². The molecular formula is C14H9ClFNO4. The lowest BCUT2D eigenvalue weighted by molar-refractivity contribution is -0.385. The SMILES string of the molecule is CC(=O)c1ccc(Oc2ccc(Cl)c(F)c2)c([N+](=O)[O-])c1. The number of benzene rings is 2. The van der Waals surface area contributed by atoms with Crippen molar-refractivity contribution in [3.63, 3.8) is 0 Å². The highest BCUT2D eigenvalue weighted by atomic mass is 35.5. The molecule has 0 aliphatic rings. The van der Waals surface area contributed by atoms with Crippen molar-refractivity contribution in [1.29, 1.82) is 0 Å². The van der Waals surface area contributed by atoms with Gasteiger partial charge in [-0.05, 0) is 31.2 Å². The molecule has 0 amide bonds. The zero-order chi connectivity index (χ0) is 15.6. The van der Waals surface area contributed by atoms with Crippen molar-refractivity contribution in [3.8, 4) is 11.5 Å². The molecule has 0 aliphatic carbocycles. The summed E-state index contributed by atoms with van der Waals surface area (Å²) in [5, 5.41) is 10.9. The van der Waals surface area contributed by atoms with Crippen LogP contribution in [0.15, 0.2) is 36.4 Å². The van der Waals surface area contributed by atoms with E-state index in [1.807, 2.05) is 0 Å². The second-order valence-electron chi connectivity index (χ2n) is 4.17. The van der Waals surface area contributed by atoms with Crippen molar-refractivity contribution in [2.45, 2.75) is 6.92 Å². The van der Waals surface area contributed by atoms with E-state index in [2.05, 4.69) is 0 Å². The van der Waals surface area contributed by atoms with Crippen molar-refractivity contribution in [1.82, 2.24) is 0 Å². The smallest absolute Gasteiger partial charge is 0.312 e. The number of hydrogen-bond donors (Lipinski definition) is 0. The van der Waals surface area contributed by atoms with Crippen LogP contribution in [-0.2, 0) is 0 Å². The Balaban J connectivity index is 2.41. The summed E-state index contributed by atoms with van der Waals surface area (Å²) >= 11 is 5.54. The standard InChI is InChI=1S/C14H9ClFNO4/c1-8(18)9-2-5-14(13(6-9)17(19)20)21-10-3-4-11(15)12(16)7-10/h2-7H,1H3. The zero-order valence-electron chi connectivity index (χ0n) is 10.8. The van der Waals surface area contributed by atoms with E-state index in [-0.39, 0.29) is 33.6 Å². The summed E-state index contributed by atoms with van der Waals surface area (Å²) < 4.78 is 18.6. The summed E-state index contributed by atoms with van der Waals surface area (Å²) in [5.41, 5.74) is -0.186. The fourth-order valence-corrected chi connectivity index (χ4v) is 1.75. The fraction of sp³-hybridized carbons (Fsp3) is 0.0714. The Kier molecular flexibility index (Phi) is 4.18. The van der Waals surface area contributed by atoms with Crippen LogP contribution < -0.4 is 4.74 Å². The minimum absolute atomic E-state index is 0.0653. The lowest BCUT2D eigenvalue weighted by Crippen LogP contribution is -1.98. The second-order valence-corrected chi connectivity index (χ2v) is 4.58. The van der Waals surface area contributed by atoms with Crippen LogP contribution in [0, 0.1) is 15.9 Å². The van der Waals surface area contributed by atoms with E-state index in [4.69, 9.17) is 16.3 Å². The highest BCUT2D eigenvalue weighted by Gasteiger charge is 2.18. The van der Waals surface area contributed by atoms with Gasteiger partial charge in [-0.25, -0.2) is 4.39 Å². The first-order valence-corrected chi connectivity index (χ1v) is 6.18. The van der Waals surface area contributed by atoms with Gasteiger partial charge in [0.2, 0.25) is 5.75 Å². The van der Waals surface area contributed by atoms with Gasteiger partial charge in [0.05, 0.1) is 9.95 Å². The molecule has 0 heterocycles. The minimum Gasteiger partial charge on any atom is -0.450 e. The molecule has 2 rings (SSSR count). The van der Waals surface area contributed by atoms with Gasteiger partial charge in [0.25, 0.3) is 0 Å². The van der Waals surface area contributed by atoms with Gasteiger partial charge in [-0.1, -0.05) is 11.6 Å². The van der Waals surface area contributed by atoms with Gasteiger partial charge in [-0.3, -0.25) is 14.9 Å². The second kappa shape index (κ2) is 5.88. The van der Waals surface area contributed by atoms with E-state index in [0.29, 0.717) is 0 Å². The Morgan fingerprint density at radius 2 is 2.00 bits per heavy atom. The van der Waals surface area contributed by atoms with Gasteiger partial charge in [-0.15, -0.1) is 0 Å². The van der Waals surface area contributed by atoms with Crippen LogP contribution in [0.4, 0.5) is 10.1 Å². The summed E-state index contributed by atoms with van der Waals surface area (Å²) in [5.74, 6) is -1.03. The third-order valence-corrected chi connectivity index (χ3v) is 2.99. The highest BCUT2D eigenvalue weighted by Crippen LogP contribution is 2.33. The van der Waals surface area contributed by atoms with E-state index < -0.39 is 10.7 Å². The average Bonchev–Trinajstić information content (AvgIpc) is 2.43. The van der Waals surface area contributed by atoms with Crippen molar-refractivity contribution < 1.29 is 18.8 Å². The first-order chi connectivity index (χ1) is 9.88. The van der Waals surface area contributed by atoms with Crippen LogP contribution in [0.3, 0.4) is 0 Å². The molecule has 0 saturated carbocycles. The number of ether oxygens (including phenoxy) is 1. The van der Waals surface area contributed by atoms with Gasteiger partial charge in [0, 0.05) is 17.7 Å². The first-order valence-electron chi connectivity index (χ1n) is 5.81. The van der Waals surface area contributed by atoms with Crippen molar-refractivity contribution in [3.05, 3.63) is 62.9 Å². The van der Waals surface area contributed by atoms with Crippen LogP contribution in [0.5, 0.6) is 11.5 Å². The fourth-order valence-electron chi connectivity index (χ4n) is 1.63. The van der Waals surface area contributed by atoms with Crippen LogP contribution in [0.2, 0.25) is 5.02 Å². The molecule has 0 fully saturated rings. The summed E-state index contributed by atoms with van der Waals surface area (Å²) in [4.78, 5) is 21.6. The first kappa shape index (κ1) is 14.9. The largest absolute Gasteiger partial charge is 0.450 e. The van der Waals surface area contributed by atoms with Crippen molar-refractivity contribution in [2.75, 3.05) is 0 Å². The van der Waals surface area contributed by atoms with Crippen LogP contribution in [-0.4, -0.2) is 10.7 Å². The molecule has 5 nitrogen and oxygen atoms in total. The predicted octanol–water partition coefficient (Wildman–Crippen LogP) is 4.38. The number of Topliss-reactive ketones (excluding diaryl/α,β-unsaturated/α-hetero) is 1. The molecule has 7 heteroatoms. The molecule has 2 aromatic rings. The van der Waals surface area contributed by atoms with Crippen LogP contribution in [0.1, 0.15) is 17.3 Å². The van der Waals surface area contributed by atoms with Gasteiger partial charge in [0.15, 0.2) is 5.78 Å². The van der Waals surface area contributed by atoms with Crippen LogP contribution >= 0.6 is 11.6 Å². The maximum absolute atomic E-state index is 13.3. The van der Waals surface area contributed by atoms with Crippen molar-refractivity contribution in [2.24, 2.45) is 0 Å². The number of carbonyl (C=O) groups is 1. The molecule has 0 radical (unpaired) electrons. The minimum atomic E-state index is -0.697. The Morgan fingerprint density at radius 3 is 2.57 bits per heavy atom. The number of nitro groups is 1. The van der Waals surface area contributed by atoms with Crippen LogP contribution in [0.25, 0.3) is 0 Å². The summed E-state index contributed by atoms with van der Waals surface area (Å²) in [6.45, 7) is 1.30. The monoisotopic (exact) mass is 309 g/mol. The Morgan fingerprint density at radius 1 is 1.29 bits per heavy atom. The van der Waals surface area contributed by atoms with Crippen molar-refractivity contribution >= 4 is 23.1 Å². The van der Waals surface area contributed by atoms with E-state index in [9.17, 15) is 19.3 Å². The molecule has 0 spiro atoms. The van der Waals surface area contributed by atoms with Gasteiger partial charge in [0.1, 0.15) is 11.6 Å². The maximum Gasteiger partial charge on any atom is 0.312 e. The average molecular weight is 310 g/mol. The summed E-state index contributed by atoms with van der Waals surface area (Å²) in [7, 11) is 0. The Hall–Kier alpha value is -2.47. The molecule has 0 unspecified atom stereocenters. The maximum atomic E-state index is 13.3. The molecule has 108 valence electrons. The molecule has 0 N–H and O–H groups in total. The number of rotatable bonds is 4. The number of ketones is 1. The number of carbonyl (C=O) groups excluding carboxylic acids is 1. The molecule has 0 aliphatic heterocycles. The number of halogens is 2. The van der Waals surface area contributed by atoms with Gasteiger partial charge >= 0.3 is 5.69 Å². The molecular weight excluding hydrogens is 301 g/mol. The number of nitrogens with zero attached hydrogens (tertiary/aromatic N) is 1. The van der Waals surface area contributed by atoms with Gasteiger partial charge < -0.3 is 4.74 Å². The molecule has 2 aromatic carbocycles. The van der Waals surface area contributed by atoms with E-state index in [1.165, 1.54) is 31.2 Å². The third kappa shape index (κ3) is 3.35. The van der Waals surface area contributed by atoms with E-state index >= 15 is 0 Å². The summed E-state index contributed by atoms with van der Waals surface area (Å²) in [6, 6.07) is 7.49. The topological polar surface area (TPSA) is 69.4 Å². The Labute approximate surface area is 124 Å². The lowest BCUT2D eigenvalue weighted by atomic mass is 10.1. The predicted molar refractivity (Wildman–Crippen MR) is 74.6 cm³/mol. The summed E-state index contributed by atoms with van der Waals surface area (Å²) in [6.07, 6.45) is 0. The molecule has 0 saturated heterocycles. The lowest BCUT2D eigenvalue weighted by Gasteiger charge is -2.07. The zero-order valence-corrected chi connectivity index (χ0v) is 11.6. The highest BCUT2D eigenvalue weighted by molar-refractivity contribution is 6.30. The molecule has 0 bridgehead atoms. The normalized spacial score (nSPS) is 10.2. The molecule has 0 atom stereocenters. The number of nitro benzene ring substituents is 1. The molecule has 21 heavy (non-hydrogen) atoms. The van der Waals surface area contributed by atoms with E-state index in [0.717, 1.165) is 12.1 Å².